The van der Waals surface area contributed by atoms with Gasteiger partial charge in [-0.3, -0.25) is 4.79 Å². The summed E-state index contributed by atoms with van der Waals surface area (Å²) in [6, 6.07) is 1.13. The van der Waals surface area contributed by atoms with E-state index >= 15 is 0 Å². The van der Waals surface area contributed by atoms with Crippen LogP contribution in [-0.4, -0.2) is 23.4 Å². The van der Waals surface area contributed by atoms with Crippen molar-refractivity contribution in [1.82, 2.24) is 4.98 Å². The van der Waals surface area contributed by atoms with Crippen LogP contribution in [0.1, 0.15) is 68.2 Å². The van der Waals surface area contributed by atoms with Gasteiger partial charge in [0.1, 0.15) is 0 Å². The molecule has 1 aromatic rings. The zero-order chi connectivity index (χ0) is 13.3. The van der Waals surface area contributed by atoms with Crippen molar-refractivity contribution in [1.29, 1.82) is 0 Å². The maximum Gasteiger partial charge on any atom is 0.186 e. The van der Waals surface area contributed by atoms with Gasteiger partial charge in [-0.05, 0) is 32.1 Å². The Labute approximate surface area is 113 Å². The van der Waals surface area contributed by atoms with E-state index in [1.165, 1.54) is 12.8 Å². The zero-order valence-corrected chi connectivity index (χ0v) is 12.5. The molecule has 1 aromatic heterocycles. The molecule has 1 aliphatic rings. The predicted octanol–water partition coefficient (Wildman–Crippen LogP) is 3.85. The number of hydrogen-bond donors (Lipinski definition) is 0. The average Bonchev–Trinajstić information content (AvgIpc) is 2.91. The van der Waals surface area contributed by atoms with Crippen LogP contribution >= 0.6 is 11.3 Å². The largest absolute Gasteiger partial charge is 0.342 e. The molecule has 2 unspecified atom stereocenters. The average molecular weight is 266 g/mol. The summed E-state index contributed by atoms with van der Waals surface area (Å²) in [5.41, 5.74) is 0.957. The number of anilines is 1. The molecule has 2 rings (SSSR count). The van der Waals surface area contributed by atoms with Crippen LogP contribution in [0.2, 0.25) is 0 Å². The highest BCUT2D eigenvalue weighted by molar-refractivity contribution is 7.17. The Balaban J connectivity index is 2.35. The van der Waals surface area contributed by atoms with Crippen molar-refractivity contribution in [3.63, 3.8) is 0 Å². The third kappa shape index (κ3) is 2.30. The van der Waals surface area contributed by atoms with Crippen molar-refractivity contribution in [3.8, 4) is 0 Å². The molecule has 0 N–H and O–H groups in total. The first-order chi connectivity index (χ1) is 8.58. The number of carbonyl (C=O) groups excluding carboxylic acids is 1. The van der Waals surface area contributed by atoms with Crippen molar-refractivity contribution >= 4 is 22.8 Å². The zero-order valence-electron chi connectivity index (χ0n) is 11.6. The maximum absolute atomic E-state index is 11.1. The van der Waals surface area contributed by atoms with E-state index in [1.54, 1.807) is 11.3 Å². The van der Waals surface area contributed by atoms with Crippen molar-refractivity contribution in [2.45, 2.75) is 65.0 Å². The predicted molar refractivity (Wildman–Crippen MR) is 76.8 cm³/mol. The lowest BCUT2D eigenvalue weighted by atomic mass is 10.1. The summed E-state index contributed by atoms with van der Waals surface area (Å²) in [6.45, 7) is 8.67. The van der Waals surface area contributed by atoms with E-state index < -0.39 is 0 Å². The lowest BCUT2D eigenvalue weighted by Gasteiger charge is -2.27. The molecule has 0 saturated carbocycles. The summed E-state index contributed by atoms with van der Waals surface area (Å²) in [6.07, 6.45) is 4.58. The Morgan fingerprint density at radius 2 is 2.22 bits per heavy atom. The molecule has 0 aromatic carbocycles. The molecule has 1 aliphatic heterocycles. The highest BCUT2D eigenvalue weighted by atomic mass is 32.1. The Kier molecular flexibility index (Phi) is 4.05. The van der Waals surface area contributed by atoms with Gasteiger partial charge in [-0.15, -0.1) is 0 Å². The van der Waals surface area contributed by atoms with Gasteiger partial charge in [0, 0.05) is 12.1 Å². The third-order valence-corrected chi connectivity index (χ3v) is 4.81. The summed E-state index contributed by atoms with van der Waals surface area (Å²) < 4.78 is 0. The maximum atomic E-state index is 11.1. The van der Waals surface area contributed by atoms with Gasteiger partial charge in [-0.25, -0.2) is 4.98 Å². The fourth-order valence-corrected chi connectivity index (χ4v) is 3.97. The SMILES string of the molecule is CCC1CCC(C)N1c1nc(C(C)C)c(C=O)s1. The standard InChI is InChI=1S/C14H22N2OS/c1-5-11-7-6-10(4)16(11)14-15-13(9(2)3)12(8-17)18-14/h8-11H,5-7H2,1-4H3. The molecule has 0 bridgehead atoms. The summed E-state index contributed by atoms with van der Waals surface area (Å²) in [5, 5.41) is 1.04. The number of thiazole rings is 1. The monoisotopic (exact) mass is 266 g/mol. The third-order valence-electron chi connectivity index (χ3n) is 3.80. The fourth-order valence-electron chi connectivity index (χ4n) is 2.76. The van der Waals surface area contributed by atoms with E-state index in [0.29, 0.717) is 18.0 Å². The van der Waals surface area contributed by atoms with Gasteiger partial charge < -0.3 is 4.90 Å². The number of nitrogens with zero attached hydrogens (tertiary/aromatic N) is 2. The summed E-state index contributed by atoms with van der Waals surface area (Å²) in [7, 11) is 0. The van der Waals surface area contributed by atoms with E-state index in [0.717, 1.165) is 28.4 Å². The first kappa shape index (κ1) is 13.5. The first-order valence-electron chi connectivity index (χ1n) is 6.82. The topological polar surface area (TPSA) is 33.2 Å². The number of aromatic nitrogens is 1. The van der Waals surface area contributed by atoms with Gasteiger partial charge >= 0.3 is 0 Å². The van der Waals surface area contributed by atoms with Crippen LogP contribution in [0.15, 0.2) is 0 Å². The summed E-state index contributed by atoms with van der Waals surface area (Å²) in [4.78, 5) is 19.1. The number of rotatable bonds is 4. The van der Waals surface area contributed by atoms with E-state index in [9.17, 15) is 4.79 Å². The van der Waals surface area contributed by atoms with Gasteiger partial charge in [-0.1, -0.05) is 32.1 Å². The molecule has 2 heterocycles. The Hall–Kier alpha value is -0.900. The molecule has 0 spiro atoms. The first-order valence-corrected chi connectivity index (χ1v) is 7.64. The van der Waals surface area contributed by atoms with Crippen LogP contribution in [0.4, 0.5) is 5.13 Å². The van der Waals surface area contributed by atoms with E-state index in [2.05, 4.69) is 32.6 Å². The molecule has 0 aliphatic carbocycles. The molecular weight excluding hydrogens is 244 g/mol. The van der Waals surface area contributed by atoms with Gasteiger partial charge in [0.2, 0.25) is 0 Å². The smallest absolute Gasteiger partial charge is 0.186 e. The van der Waals surface area contributed by atoms with Crippen LogP contribution < -0.4 is 4.90 Å². The van der Waals surface area contributed by atoms with Crippen LogP contribution in [0.3, 0.4) is 0 Å². The van der Waals surface area contributed by atoms with Crippen molar-refractivity contribution in [3.05, 3.63) is 10.6 Å². The molecule has 18 heavy (non-hydrogen) atoms. The Bertz CT molecular complexity index is 427. The molecule has 100 valence electrons. The second kappa shape index (κ2) is 5.39. The number of aldehydes is 1. The van der Waals surface area contributed by atoms with Crippen molar-refractivity contribution in [2.75, 3.05) is 4.90 Å². The highest BCUT2D eigenvalue weighted by Gasteiger charge is 2.32. The Morgan fingerprint density at radius 3 is 2.72 bits per heavy atom. The minimum Gasteiger partial charge on any atom is -0.342 e. The lowest BCUT2D eigenvalue weighted by Crippen LogP contribution is -2.33. The highest BCUT2D eigenvalue weighted by Crippen LogP contribution is 2.37. The Morgan fingerprint density at radius 1 is 1.50 bits per heavy atom. The molecule has 4 heteroatoms. The molecule has 1 fully saturated rings. The minimum atomic E-state index is 0.313. The normalized spacial score (nSPS) is 23.9. The minimum absolute atomic E-state index is 0.313. The van der Waals surface area contributed by atoms with Crippen molar-refractivity contribution in [2.24, 2.45) is 0 Å². The molecular formula is C14H22N2OS. The van der Waals surface area contributed by atoms with Crippen LogP contribution in [-0.2, 0) is 0 Å². The summed E-state index contributed by atoms with van der Waals surface area (Å²) in [5.74, 6) is 0.313. The number of carbonyl (C=O) groups is 1. The van der Waals surface area contributed by atoms with E-state index in [4.69, 9.17) is 4.98 Å². The number of hydrogen-bond acceptors (Lipinski definition) is 4. The van der Waals surface area contributed by atoms with Crippen molar-refractivity contribution < 1.29 is 4.79 Å². The van der Waals surface area contributed by atoms with Crippen LogP contribution in [0.25, 0.3) is 0 Å². The fraction of sp³-hybridized carbons (Fsp3) is 0.714. The van der Waals surface area contributed by atoms with Crippen LogP contribution in [0.5, 0.6) is 0 Å². The molecule has 2 atom stereocenters. The van der Waals surface area contributed by atoms with E-state index in [1.807, 2.05) is 0 Å². The summed E-state index contributed by atoms with van der Waals surface area (Å²) >= 11 is 1.55. The van der Waals surface area contributed by atoms with Crippen LogP contribution in [0, 0.1) is 0 Å². The lowest BCUT2D eigenvalue weighted by molar-refractivity contribution is 0.112. The molecule has 0 amide bonds. The second-order valence-electron chi connectivity index (χ2n) is 5.41. The molecule has 0 radical (unpaired) electrons. The molecule has 1 saturated heterocycles. The molecule has 3 nitrogen and oxygen atoms in total. The van der Waals surface area contributed by atoms with Gasteiger partial charge in [0.05, 0.1) is 10.6 Å². The second-order valence-corrected chi connectivity index (χ2v) is 6.42. The van der Waals surface area contributed by atoms with Gasteiger partial charge in [0.25, 0.3) is 0 Å². The quantitative estimate of drug-likeness (QED) is 0.776. The van der Waals surface area contributed by atoms with E-state index in [-0.39, 0.29) is 0 Å². The van der Waals surface area contributed by atoms with Gasteiger partial charge in [-0.2, -0.15) is 0 Å². The van der Waals surface area contributed by atoms with Gasteiger partial charge in [0.15, 0.2) is 11.4 Å².